The fraction of sp³-hybridized carbons (Fsp3) is 0.417. The van der Waals surface area contributed by atoms with Crippen LogP contribution in [0.1, 0.15) is 23.2 Å². The van der Waals surface area contributed by atoms with Gasteiger partial charge in [0.05, 0.1) is 18.7 Å². The van der Waals surface area contributed by atoms with Gasteiger partial charge in [0, 0.05) is 3.57 Å². The van der Waals surface area contributed by atoms with E-state index in [1.54, 1.807) is 7.11 Å². The summed E-state index contributed by atoms with van der Waals surface area (Å²) in [7, 11) is 1.60. The average molecular weight is 331 g/mol. The van der Waals surface area contributed by atoms with Gasteiger partial charge >= 0.3 is 0 Å². The molecule has 1 saturated heterocycles. The molecule has 3 nitrogen and oxygen atoms in total. The van der Waals surface area contributed by atoms with Crippen LogP contribution in [0.5, 0.6) is 5.75 Å². The number of Topliss-reactive ketones (excluding diaryl/α,β-unsaturated/α-hetero) is 1. The molecule has 0 radical (unpaired) electrons. The van der Waals surface area contributed by atoms with E-state index in [1.165, 1.54) is 0 Å². The van der Waals surface area contributed by atoms with E-state index in [2.05, 4.69) is 27.9 Å². The summed E-state index contributed by atoms with van der Waals surface area (Å²) in [5, 5.41) is 3.22. The first-order valence-electron chi connectivity index (χ1n) is 5.33. The number of benzene rings is 1. The summed E-state index contributed by atoms with van der Waals surface area (Å²) < 4.78 is 6.28. The van der Waals surface area contributed by atoms with Crippen molar-refractivity contribution in [3.05, 3.63) is 27.3 Å². The molecule has 2 rings (SSSR count). The van der Waals surface area contributed by atoms with Gasteiger partial charge in [-0.25, -0.2) is 0 Å². The number of carbonyl (C=O) groups is 1. The van der Waals surface area contributed by atoms with Crippen LogP contribution in [-0.2, 0) is 0 Å². The molecule has 1 aliphatic rings. The minimum Gasteiger partial charge on any atom is -0.496 e. The Morgan fingerprint density at radius 3 is 3.00 bits per heavy atom. The Bertz CT molecular complexity index is 400. The highest BCUT2D eigenvalue weighted by Gasteiger charge is 2.25. The Balaban J connectivity index is 2.30. The van der Waals surface area contributed by atoms with Gasteiger partial charge in [-0.05, 0) is 60.2 Å². The zero-order valence-corrected chi connectivity index (χ0v) is 11.3. The molecule has 1 heterocycles. The maximum absolute atomic E-state index is 12.2. The highest BCUT2D eigenvalue weighted by Crippen LogP contribution is 2.24. The third kappa shape index (κ3) is 2.38. The summed E-state index contributed by atoms with van der Waals surface area (Å²) in [6, 6.07) is 5.65. The largest absolute Gasteiger partial charge is 0.496 e. The first-order valence-corrected chi connectivity index (χ1v) is 6.41. The summed E-state index contributed by atoms with van der Waals surface area (Å²) in [6.07, 6.45) is 2.00. The predicted octanol–water partition coefficient (Wildman–Crippen LogP) is 2.23. The van der Waals surface area contributed by atoms with Crippen molar-refractivity contribution in [1.82, 2.24) is 5.32 Å². The van der Waals surface area contributed by atoms with Gasteiger partial charge in [0.1, 0.15) is 5.75 Å². The fourth-order valence-corrected chi connectivity index (χ4v) is 2.46. The average Bonchev–Trinajstić information content (AvgIpc) is 2.81. The molecule has 1 aliphatic heterocycles. The summed E-state index contributed by atoms with van der Waals surface area (Å²) in [5.74, 6) is 0.812. The van der Waals surface area contributed by atoms with Crippen LogP contribution in [0.3, 0.4) is 0 Å². The van der Waals surface area contributed by atoms with Crippen LogP contribution in [0, 0.1) is 3.57 Å². The quantitative estimate of drug-likeness (QED) is 0.682. The maximum atomic E-state index is 12.2. The van der Waals surface area contributed by atoms with Crippen molar-refractivity contribution < 1.29 is 9.53 Å². The molecule has 0 spiro atoms. The molecule has 1 aromatic carbocycles. The molecule has 0 aromatic heterocycles. The molecule has 1 N–H and O–H groups in total. The number of carbonyl (C=O) groups excluding carboxylic acids is 1. The van der Waals surface area contributed by atoms with Gasteiger partial charge in [-0.2, -0.15) is 0 Å². The normalized spacial score (nSPS) is 19.8. The third-order valence-electron chi connectivity index (χ3n) is 2.80. The van der Waals surface area contributed by atoms with E-state index in [1.807, 2.05) is 18.2 Å². The second kappa shape index (κ2) is 5.14. The van der Waals surface area contributed by atoms with Crippen LogP contribution in [0.15, 0.2) is 18.2 Å². The SMILES string of the molecule is COc1ccc(I)cc1C(=O)C1CCCN1. The highest BCUT2D eigenvalue weighted by atomic mass is 127. The highest BCUT2D eigenvalue weighted by molar-refractivity contribution is 14.1. The molecule has 0 bridgehead atoms. The summed E-state index contributed by atoms with van der Waals surface area (Å²) >= 11 is 2.21. The second-order valence-corrected chi connectivity index (χ2v) is 5.10. The smallest absolute Gasteiger partial charge is 0.183 e. The van der Waals surface area contributed by atoms with Gasteiger partial charge < -0.3 is 10.1 Å². The van der Waals surface area contributed by atoms with Crippen molar-refractivity contribution in [3.8, 4) is 5.75 Å². The molecule has 4 heteroatoms. The maximum Gasteiger partial charge on any atom is 0.183 e. The lowest BCUT2D eigenvalue weighted by Gasteiger charge is -2.12. The van der Waals surface area contributed by atoms with Crippen LogP contribution in [0.25, 0.3) is 0 Å². The lowest BCUT2D eigenvalue weighted by molar-refractivity contribution is 0.0949. The zero-order valence-electron chi connectivity index (χ0n) is 9.13. The molecular weight excluding hydrogens is 317 g/mol. The molecule has 1 unspecified atom stereocenters. The first-order chi connectivity index (χ1) is 7.72. The van der Waals surface area contributed by atoms with E-state index in [0.29, 0.717) is 11.3 Å². The van der Waals surface area contributed by atoms with E-state index in [9.17, 15) is 4.79 Å². The molecule has 86 valence electrons. The van der Waals surface area contributed by atoms with Gasteiger partial charge in [0.2, 0.25) is 0 Å². The lowest BCUT2D eigenvalue weighted by Crippen LogP contribution is -2.31. The monoisotopic (exact) mass is 331 g/mol. The molecule has 0 saturated carbocycles. The number of methoxy groups -OCH3 is 1. The Labute approximate surface area is 109 Å². The van der Waals surface area contributed by atoms with E-state index in [-0.39, 0.29) is 11.8 Å². The molecule has 16 heavy (non-hydrogen) atoms. The summed E-state index contributed by atoms with van der Waals surface area (Å²) in [4.78, 5) is 12.2. The molecule has 1 aromatic rings. The van der Waals surface area contributed by atoms with Gasteiger partial charge in [0.15, 0.2) is 5.78 Å². The van der Waals surface area contributed by atoms with Crippen LogP contribution in [0.4, 0.5) is 0 Å². The van der Waals surface area contributed by atoms with Crippen LogP contribution in [0.2, 0.25) is 0 Å². The predicted molar refractivity (Wildman–Crippen MR) is 71.1 cm³/mol. The van der Waals surface area contributed by atoms with Crippen LogP contribution >= 0.6 is 22.6 Å². The molecule has 1 fully saturated rings. The number of ketones is 1. The molecular formula is C12H14INO2. The van der Waals surface area contributed by atoms with Crippen molar-refractivity contribution in [3.63, 3.8) is 0 Å². The standard InChI is InChI=1S/C12H14INO2/c1-16-11-5-4-8(13)7-9(11)12(15)10-3-2-6-14-10/h4-5,7,10,14H,2-3,6H2,1H3. The lowest BCUT2D eigenvalue weighted by atomic mass is 10.0. The minimum absolute atomic E-state index is 0.0351. The Kier molecular flexibility index (Phi) is 3.81. The fourth-order valence-electron chi connectivity index (χ4n) is 1.97. The third-order valence-corrected chi connectivity index (χ3v) is 3.47. The number of rotatable bonds is 3. The minimum atomic E-state index is -0.0351. The van der Waals surface area contributed by atoms with Crippen molar-refractivity contribution in [2.24, 2.45) is 0 Å². The number of hydrogen-bond donors (Lipinski definition) is 1. The van der Waals surface area contributed by atoms with Crippen LogP contribution < -0.4 is 10.1 Å². The van der Waals surface area contributed by atoms with Crippen LogP contribution in [-0.4, -0.2) is 25.5 Å². The molecule has 1 atom stereocenters. The van der Waals surface area contributed by atoms with Crippen molar-refractivity contribution in [2.75, 3.05) is 13.7 Å². The molecule has 0 aliphatic carbocycles. The summed E-state index contributed by atoms with van der Waals surface area (Å²) in [5.41, 5.74) is 0.689. The number of halogens is 1. The van der Waals surface area contributed by atoms with E-state index < -0.39 is 0 Å². The number of ether oxygens (including phenoxy) is 1. The Morgan fingerprint density at radius 2 is 2.38 bits per heavy atom. The van der Waals surface area contributed by atoms with Crippen molar-refractivity contribution in [2.45, 2.75) is 18.9 Å². The Morgan fingerprint density at radius 1 is 1.56 bits per heavy atom. The van der Waals surface area contributed by atoms with E-state index in [4.69, 9.17) is 4.74 Å². The van der Waals surface area contributed by atoms with Gasteiger partial charge in [-0.15, -0.1) is 0 Å². The van der Waals surface area contributed by atoms with Gasteiger partial charge in [0.25, 0.3) is 0 Å². The van der Waals surface area contributed by atoms with E-state index in [0.717, 1.165) is 23.0 Å². The number of hydrogen-bond acceptors (Lipinski definition) is 3. The Hall–Kier alpha value is -0.620. The van der Waals surface area contributed by atoms with E-state index >= 15 is 0 Å². The zero-order chi connectivity index (χ0) is 11.5. The first kappa shape index (κ1) is 11.9. The van der Waals surface area contributed by atoms with Crippen molar-refractivity contribution >= 4 is 28.4 Å². The van der Waals surface area contributed by atoms with Crippen molar-refractivity contribution in [1.29, 1.82) is 0 Å². The van der Waals surface area contributed by atoms with Gasteiger partial charge in [-0.1, -0.05) is 0 Å². The topological polar surface area (TPSA) is 38.3 Å². The summed E-state index contributed by atoms with van der Waals surface area (Å²) in [6.45, 7) is 0.933. The molecule has 0 amide bonds. The van der Waals surface area contributed by atoms with Gasteiger partial charge in [-0.3, -0.25) is 4.79 Å². The second-order valence-electron chi connectivity index (χ2n) is 3.86. The number of nitrogens with one attached hydrogen (secondary N) is 1.